The summed E-state index contributed by atoms with van der Waals surface area (Å²) >= 11 is 3.33. The van der Waals surface area contributed by atoms with E-state index < -0.39 is 0 Å². The number of fused-ring (bicyclic) bond motifs is 3. The molecule has 0 radical (unpaired) electrons. The Morgan fingerprint density at radius 3 is 2.75 bits per heavy atom. The van der Waals surface area contributed by atoms with Gasteiger partial charge in [0.25, 0.3) is 0 Å². The van der Waals surface area contributed by atoms with Crippen LogP contribution in [0.25, 0.3) is 10.2 Å². The van der Waals surface area contributed by atoms with Gasteiger partial charge in [0.05, 0.1) is 5.75 Å². The van der Waals surface area contributed by atoms with Crippen molar-refractivity contribution < 1.29 is 4.79 Å². The summed E-state index contributed by atoms with van der Waals surface area (Å²) in [6.45, 7) is 8.29. The summed E-state index contributed by atoms with van der Waals surface area (Å²) in [6, 6.07) is 6.05. The molecule has 1 aromatic carbocycles. The smallest absolute Gasteiger partial charge is 0.234 e. The Balaban J connectivity index is 1.57. The zero-order chi connectivity index (χ0) is 19.8. The number of benzene rings is 1. The van der Waals surface area contributed by atoms with Gasteiger partial charge in [-0.15, -0.1) is 11.3 Å². The van der Waals surface area contributed by atoms with Crippen molar-refractivity contribution in [3.63, 3.8) is 0 Å². The standard InChI is InChI=1S/C22H25N3OS2/c1-12-8-9-16-17(10-12)28-22-19(16)21(23-15(4)24-22)27-11-18(26)25-20-13(2)6-5-7-14(20)3/h5-7,12H,8-11H2,1-4H3,(H,25,26)/t12-/m1/s1. The fourth-order valence-corrected chi connectivity index (χ4v) is 6.23. The van der Waals surface area contributed by atoms with Gasteiger partial charge < -0.3 is 5.32 Å². The molecule has 0 saturated heterocycles. The summed E-state index contributed by atoms with van der Waals surface area (Å²) in [5, 5.41) is 5.21. The third-order valence-electron chi connectivity index (χ3n) is 5.32. The van der Waals surface area contributed by atoms with E-state index in [9.17, 15) is 4.79 Å². The molecule has 0 fully saturated rings. The largest absolute Gasteiger partial charge is 0.325 e. The Morgan fingerprint density at radius 2 is 2.00 bits per heavy atom. The number of aromatic nitrogens is 2. The first kappa shape index (κ1) is 19.4. The van der Waals surface area contributed by atoms with E-state index in [0.29, 0.717) is 5.75 Å². The van der Waals surface area contributed by atoms with Crippen molar-refractivity contribution in [3.05, 3.63) is 45.6 Å². The first-order valence-corrected chi connectivity index (χ1v) is 11.5. The fraction of sp³-hybridized carbons (Fsp3) is 0.409. The number of nitrogens with zero attached hydrogens (tertiary/aromatic N) is 2. The molecule has 1 aliphatic rings. The lowest BCUT2D eigenvalue weighted by Gasteiger charge is -2.18. The summed E-state index contributed by atoms with van der Waals surface area (Å²) in [7, 11) is 0. The van der Waals surface area contributed by atoms with Crippen molar-refractivity contribution in [2.45, 2.75) is 52.0 Å². The van der Waals surface area contributed by atoms with Crippen molar-refractivity contribution in [2.24, 2.45) is 5.92 Å². The summed E-state index contributed by atoms with van der Waals surface area (Å²) in [4.78, 5) is 24.5. The molecule has 146 valence electrons. The van der Waals surface area contributed by atoms with Crippen LogP contribution in [0.4, 0.5) is 5.69 Å². The molecule has 1 aliphatic carbocycles. The highest BCUT2D eigenvalue weighted by molar-refractivity contribution is 8.00. The van der Waals surface area contributed by atoms with Crippen LogP contribution in [-0.4, -0.2) is 21.6 Å². The molecule has 3 aromatic rings. The number of aryl methyl sites for hydroxylation is 4. The Hall–Kier alpha value is -1.92. The molecule has 4 rings (SSSR count). The van der Waals surface area contributed by atoms with E-state index in [1.165, 1.54) is 34.0 Å². The van der Waals surface area contributed by atoms with Crippen LogP contribution in [0.3, 0.4) is 0 Å². The SMILES string of the molecule is Cc1nc(SCC(=O)Nc2c(C)cccc2C)c2c3c(sc2n1)C[C@H](C)CC3. The van der Waals surface area contributed by atoms with Gasteiger partial charge in [-0.3, -0.25) is 4.79 Å². The minimum absolute atomic E-state index is 0.00420. The van der Waals surface area contributed by atoms with E-state index in [1.54, 1.807) is 0 Å². The predicted molar refractivity (Wildman–Crippen MR) is 119 cm³/mol. The number of carbonyl (C=O) groups is 1. The molecule has 1 atom stereocenters. The van der Waals surface area contributed by atoms with E-state index >= 15 is 0 Å². The molecule has 0 saturated carbocycles. The summed E-state index contributed by atoms with van der Waals surface area (Å²) in [5.74, 6) is 1.86. The van der Waals surface area contributed by atoms with Gasteiger partial charge >= 0.3 is 0 Å². The molecular formula is C22H25N3OS2. The maximum atomic E-state index is 12.6. The zero-order valence-electron chi connectivity index (χ0n) is 16.8. The number of hydrogen-bond acceptors (Lipinski definition) is 5. The van der Waals surface area contributed by atoms with Crippen molar-refractivity contribution >= 4 is 44.9 Å². The van der Waals surface area contributed by atoms with Crippen LogP contribution in [0.1, 0.15) is 40.7 Å². The van der Waals surface area contributed by atoms with E-state index in [-0.39, 0.29) is 5.91 Å². The normalized spacial score (nSPS) is 16.2. The Morgan fingerprint density at radius 1 is 1.25 bits per heavy atom. The molecule has 2 aromatic heterocycles. The highest BCUT2D eigenvalue weighted by Crippen LogP contribution is 2.40. The van der Waals surface area contributed by atoms with Gasteiger partial charge in [0.2, 0.25) is 5.91 Å². The lowest BCUT2D eigenvalue weighted by Crippen LogP contribution is -2.16. The minimum atomic E-state index is 0.00420. The number of thiophene rings is 1. The van der Waals surface area contributed by atoms with Crippen LogP contribution in [0.2, 0.25) is 0 Å². The molecule has 28 heavy (non-hydrogen) atoms. The lowest BCUT2D eigenvalue weighted by atomic mass is 9.89. The predicted octanol–water partition coefficient (Wildman–Crippen LogP) is 5.47. The van der Waals surface area contributed by atoms with E-state index in [1.807, 2.05) is 50.3 Å². The highest BCUT2D eigenvalue weighted by Gasteiger charge is 2.24. The number of nitrogens with one attached hydrogen (secondary N) is 1. The van der Waals surface area contributed by atoms with Gasteiger partial charge in [-0.1, -0.05) is 36.9 Å². The third kappa shape index (κ3) is 3.80. The Labute approximate surface area is 174 Å². The maximum absolute atomic E-state index is 12.6. The number of hydrogen-bond donors (Lipinski definition) is 1. The molecular weight excluding hydrogens is 386 g/mol. The van der Waals surface area contributed by atoms with Crippen molar-refractivity contribution in [2.75, 3.05) is 11.1 Å². The van der Waals surface area contributed by atoms with Crippen molar-refractivity contribution in [1.29, 1.82) is 0 Å². The third-order valence-corrected chi connectivity index (χ3v) is 7.44. The van der Waals surface area contributed by atoms with Crippen molar-refractivity contribution in [1.82, 2.24) is 9.97 Å². The Kier molecular flexibility index (Phi) is 5.43. The van der Waals surface area contributed by atoms with Gasteiger partial charge in [0, 0.05) is 16.0 Å². The quantitative estimate of drug-likeness (QED) is 0.457. The van der Waals surface area contributed by atoms with E-state index in [4.69, 9.17) is 4.98 Å². The first-order chi connectivity index (χ1) is 13.4. The first-order valence-electron chi connectivity index (χ1n) is 9.70. The van der Waals surface area contributed by atoms with Crippen LogP contribution in [0.15, 0.2) is 23.2 Å². The van der Waals surface area contributed by atoms with Gasteiger partial charge in [0.1, 0.15) is 15.7 Å². The number of thioether (sulfide) groups is 1. The zero-order valence-corrected chi connectivity index (χ0v) is 18.4. The number of amides is 1. The molecule has 4 nitrogen and oxygen atoms in total. The average Bonchev–Trinajstić information content (AvgIpc) is 2.99. The van der Waals surface area contributed by atoms with Crippen LogP contribution in [0.5, 0.6) is 0 Å². The molecule has 0 aliphatic heterocycles. The average molecular weight is 412 g/mol. The second kappa shape index (κ2) is 7.84. The van der Waals surface area contributed by atoms with Gasteiger partial charge in [-0.2, -0.15) is 0 Å². The number of para-hydroxylation sites is 1. The molecule has 1 N–H and O–H groups in total. The highest BCUT2D eigenvalue weighted by atomic mass is 32.2. The summed E-state index contributed by atoms with van der Waals surface area (Å²) in [5.41, 5.74) is 4.49. The van der Waals surface area contributed by atoms with Crippen LogP contribution in [0, 0.1) is 26.7 Å². The minimum Gasteiger partial charge on any atom is -0.325 e. The second-order valence-electron chi connectivity index (χ2n) is 7.71. The molecule has 1 amide bonds. The topological polar surface area (TPSA) is 54.9 Å². The van der Waals surface area contributed by atoms with Gasteiger partial charge in [-0.05, 0) is 62.6 Å². The number of anilines is 1. The molecule has 2 heterocycles. The molecule has 0 unspecified atom stereocenters. The number of carbonyl (C=O) groups excluding carboxylic acids is 1. The van der Waals surface area contributed by atoms with E-state index in [2.05, 4.69) is 17.2 Å². The number of rotatable bonds is 4. The van der Waals surface area contributed by atoms with Crippen LogP contribution in [-0.2, 0) is 17.6 Å². The van der Waals surface area contributed by atoms with Crippen LogP contribution >= 0.6 is 23.1 Å². The van der Waals surface area contributed by atoms with Crippen molar-refractivity contribution in [3.8, 4) is 0 Å². The molecule has 6 heteroatoms. The maximum Gasteiger partial charge on any atom is 0.234 e. The fourth-order valence-electron chi connectivity index (χ4n) is 3.84. The van der Waals surface area contributed by atoms with Gasteiger partial charge in [-0.25, -0.2) is 9.97 Å². The summed E-state index contributed by atoms with van der Waals surface area (Å²) < 4.78 is 0. The lowest BCUT2D eigenvalue weighted by molar-refractivity contribution is -0.113. The monoisotopic (exact) mass is 411 g/mol. The van der Waals surface area contributed by atoms with Crippen LogP contribution < -0.4 is 5.32 Å². The summed E-state index contributed by atoms with van der Waals surface area (Å²) in [6.07, 6.45) is 3.43. The molecule has 0 bridgehead atoms. The molecule has 0 spiro atoms. The van der Waals surface area contributed by atoms with E-state index in [0.717, 1.165) is 51.3 Å². The Bertz CT molecular complexity index is 1040. The van der Waals surface area contributed by atoms with Gasteiger partial charge in [0.15, 0.2) is 0 Å². The second-order valence-corrected chi connectivity index (χ2v) is 9.76.